The second kappa shape index (κ2) is 6.40. The van der Waals surface area contributed by atoms with Crippen LogP contribution >= 0.6 is 11.3 Å². The van der Waals surface area contributed by atoms with Crippen molar-refractivity contribution in [3.63, 3.8) is 0 Å². The molecular weight excluding hydrogens is 301 g/mol. The van der Waals surface area contributed by atoms with Gasteiger partial charge in [-0.3, -0.25) is 0 Å². The smallest absolute Gasteiger partial charge is 0.352 e. The fourth-order valence-electron chi connectivity index (χ4n) is 1.81. The SMILES string of the molecule is CN(C)C(CNc1nccc(C(F)(F)F)n1)c1cccs1. The molecule has 0 saturated carbocycles. The van der Waals surface area contributed by atoms with Crippen LogP contribution in [-0.2, 0) is 6.18 Å². The monoisotopic (exact) mass is 316 g/mol. The van der Waals surface area contributed by atoms with Crippen LogP contribution in [0.5, 0.6) is 0 Å². The maximum absolute atomic E-state index is 12.6. The first-order valence-electron chi connectivity index (χ1n) is 6.22. The number of hydrogen-bond donors (Lipinski definition) is 1. The minimum absolute atomic E-state index is 0.0202. The predicted molar refractivity (Wildman–Crippen MR) is 76.3 cm³/mol. The van der Waals surface area contributed by atoms with Crippen LogP contribution < -0.4 is 5.32 Å². The molecule has 0 aliphatic rings. The minimum atomic E-state index is -4.46. The van der Waals surface area contributed by atoms with Crippen LogP contribution in [0.1, 0.15) is 16.6 Å². The Kier molecular flexibility index (Phi) is 4.79. The predicted octanol–water partition coefficient (Wildman–Crippen LogP) is 3.27. The van der Waals surface area contributed by atoms with Gasteiger partial charge in [-0.05, 0) is 31.6 Å². The van der Waals surface area contributed by atoms with Gasteiger partial charge in [0.15, 0.2) is 0 Å². The highest BCUT2D eigenvalue weighted by Crippen LogP contribution is 2.28. The Hall–Kier alpha value is -1.67. The summed E-state index contributed by atoms with van der Waals surface area (Å²) in [5, 5.41) is 4.83. The summed E-state index contributed by atoms with van der Waals surface area (Å²) in [6.45, 7) is 0.425. The lowest BCUT2D eigenvalue weighted by Crippen LogP contribution is -2.26. The number of nitrogens with zero attached hydrogens (tertiary/aromatic N) is 3. The highest BCUT2D eigenvalue weighted by atomic mass is 32.1. The molecule has 114 valence electrons. The van der Waals surface area contributed by atoms with Gasteiger partial charge in [-0.2, -0.15) is 13.2 Å². The van der Waals surface area contributed by atoms with Gasteiger partial charge >= 0.3 is 6.18 Å². The van der Waals surface area contributed by atoms with Gasteiger partial charge in [0.1, 0.15) is 5.69 Å². The highest BCUT2D eigenvalue weighted by Gasteiger charge is 2.32. The Morgan fingerprint density at radius 2 is 2.10 bits per heavy atom. The lowest BCUT2D eigenvalue weighted by Gasteiger charge is -2.23. The summed E-state index contributed by atoms with van der Waals surface area (Å²) in [5.41, 5.74) is -0.947. The van der Waals surface area contributed by atoms with Crippen molar-refractivity contribution in [1.29, 1.82) is 0 Å². The van der Waals surface area contributed by atoms with Crippen molar-refractivity contribution in [2.24, 2.45) is 0 Å². The number of hydrogen-bond acceptors (Lipinski definition) is 5. The van der Waals surface area contributed by atoms with Crippen LogP contribution in [0.4, 0.5) is 19.1 Å². The van der Waals surface area contributed by atoms with E-state index >= 15 is 0 Å². The lowest BCUT2D eigenvalue weighted by molar-refractivity contribution is -0.141. The number of nitrogens with one attached hydrogen (secondary N) is 1. The molecular formula is C13H15F3N4S. The van der Waals surface area contributed by atoms with Crippen LogP contribution in [0.25, 0.3) is 0 Å². The first-order valence-corrected chi connectivity index (χ1v) is 7.10. The molecule has 0 amide bonds. The van der Waals surface area contributed by atoms with Crippen molar-refractivity contribution in [1.82, 2.24) is 14.9 Å². The molecule has 0 saturated heterocycles. The van der Waals surface area contributed by atoms with Crippen molar-refractivity contribution in [2.45, 2.75) is 12.2 Å². The Morgan fingerprint density at radius 1 is 1.33 bits per heavy atom. The summed E-state index contributed by atoms with van der Waals surface area (Å²) in [6, 6.07) is 4.83. The molecule has 2 aromatic heterocycles. The van der Waals surface area contributed by atoms with Gasteiger partial charge in [0.2, 0.25) is 5.95 Å². The Bertz CT molecular complexity index is 569. The first kappa shape index (κ1) is 15.7. The van der Waals surface area contributed by atoms with E-state index in [-0.39, 0.29) is 12.0 Å². The molecule has 0 aromatic carbocycles. The third-order valence-electron chi connectivity index (χ3n) is 2.89. The molecule has 0 radical (unpaired) electrons. The van der Waals surface area contributed by atoms with Gasteiger partial charge in [-0.25, -0.2) is 9.97 Å². The van der Waals surface area contributed by atoms with Gasteiger partial charge in [0.05, 0.1) is 6.04 Å². The molecule has 0 spiro atoms. The van der Waals surface area contributed by atoms with Gasteiger partial charge in [0, 0.05) is 17.6 Å². The van der Waals surface area contributed by atoms with Crippen LogP contribution in [0, 0.1) is 0 Å². The van der Waals surface area contributed by atoms with E-state index in [1.54, 1.807) is 11.3 Å². The number of anilines is 1. The molecule has 2 rings (SSSR count). The molecule has 0 fully saturated rings. The number of alkyl halides is 3. The Morgan fingerprint density at radius 3 is 2.67 bits per heavy atom. The molecule has 1 atom stereocenters. The van der Waals surface area contributed by atoms with E-state index < -0.39 is 11.9 Å². The zero-order valence-corrected chi connectivity index (χ0v) is 12.4. The van der Waals surface area contributed by atoms with Crippen LogP contribution in [0.3, 0.4) is 0 Å². The van der Waals surface area contributed by atoms with Crippen LogP contribution in [0.2, 0.25) is 0 Å². The molecule has 1 N–H and O–H groups in total. The van der Waals surface area contributed by atoms with E-state index in [9.17, 15) is 13.2 Å². The van der Waals surface area contributed by atoms with E-state index in [0.29, 0.717) is 6.54 Å². The number of rotatable bonds is 5. The summed E-state index contributed by atoms with van der Waals surface area (Å²) < 4.78 is 37.8. The van der Waals surface area contributed by atoms with Crippen molar-refractivity contribution >= 4 is 17.3 Å². The summed E-state index contributed by atoms with van der Waals surface area (Å²) in [5.74, 6) is -0.0202. The molecule has 21 heavy (non-hydrogen) atoms. The van der Waals surface area contributed by atoms with E-state index in [4.69, 9.17) is 0 Å². The lowest BCUT2D eigenvalue weighted by atomic mass is 10.2. The normalized spacial score (nSPS) is 13.4. The third-order valence-corrected chi connectivity index (χ3v) is 3.87. The Labute approximate surface area is 124 Å². The molecule has 4 nitrogen and oxygen atoms in total. The minimum Gasteiger partial charge on any atom is -0.352 e. The maximum atomic E-state index is 12.6. The highest BCUT2D eigenvalue weighted by molar-refractivity contribution is 7.10. The van der Waals surface area contributed by atoms with E-state index in [1.165, 1.54) is 0 Å². The molecule has 2 aromatic rings. The van der Waals surface area contributed by atoms with Gasteiger partial charge < -0.3 is 10.2 Å². The van der Waals surface area contributed by atoms with E-state index in [0.717, 1.165) is 17.1 Å². The average Bonchev–Trinajstić information content (AvgIpc) is 2.92. The van der Waals surface area contributed by atoms with Gasteiger partial charge in [-0.1, -0.05) is 6.07 Å². The average molecular weight is 316 g/mol. The quantitative estimate of drug-likeness (QED) is 0.919. The molecule has 0 bridgehead atoms. The number of aromatic nitrogens is 2. The number of thiophene rings is 1. The topological polar surface area (TPSA) is 41.0 Å². The molecule has 0 aliphatic carbocycles. The van der Waals surface area contributed by atoms with Crippen molar-refractivity contribution in [3.05, 3.63) is 40.3 Å². The number of likely N-dealkylation sites (N-methyl/N-ethyl adjacent to an activating group) is 1. The summed E-state index contributed by atoms with van der Waals surface area (Å²) >= 11 is 1.60. The zero-order chi connectivity index (χ0) is 15.5. The summed E-state index contributed by atoms with van der Waals surface area (Å²) in [4.78, 5) is 10.4. The summed E-state index contributed by atoms with van der Waals surface area (Å²) in [6.07, 6.45) is -3.36. The molecule has 2 heterocycles. The van der Waals surface area contributed by atoms with E-state index in [1.807, 2.05) is 36.5 Å². The van der Waals surface area contributed by atoms with Crippen molar-refractivity contribution < 1.29 is 13.2 Å². The fraction of sp³-hybridized carbons (Fsp3) is 0.385. The standard InChI is InChI=1S/C13H15F3N4S/c1-20(2)9(10-4-3-7-21-10)8-18-12-17-6-5-11(19-12)13(14,15)16/h3-7,9H,8H2,1-2H3,(H,17,18,19). The van der Waals surface area contributed by atoms with Crippen molar-refractivity contribution in [3.8, 4) is 0 Å². The first-order chi connectivity index (χ1) is 9.88. The molecule has 8 heteroatoms. The number of halogens is 3. The maximum Gasteiger partial charge on any atom is 0.433 e. The fourth-order valence-corrected chi connectivity index (χ4v) is 2.73. The Balaban J connectivity index is 2.08. The second-order valence-electron chi connectivity index (χ2n) is 4.64. The van der Waals surface area contributed by atoms with Crippen molar-refractivity contribution in [2.75, 3.05) is 26.0 Å². The van der Waals surface area contributed by atoms with E-state index in [2.05, 4.69) is 15.3 Å². The third kappa shape index (κ3) is 4.15. The van der Waals surface area contributed by atoms with Gasteiger partial charge in [0.25, 0.3) is 0 Å². The van der Waals surface area contributed by atoms with Crippen LogP contribution in [0.15, 0.2) is 29.8 Å². The molecule has 1 unspecified atom stereocenters. The largest absolute Gasteiger partial charge is 0.433 e. The summed E-state index contributed by atoms with van der Waals surface area (Å²) in [7, 11) is 3.83. The zero-order valence-electron chi connectivity index (χ0n) is 11.6. The van der Waals surface area contributed by atoms with Gasteiger partial charge in [-0.15, -0.1) is 11.3 Å². The molecule has 0 aliphatic heterocycles. The second-order valence-corrected chi connectivity index (χ2v) is 5.62. The van der Waals surface area contributed by atoms with Crippen LogP contribution in [-0.4, -0.2) is 35.5 Å².